The van der Waals surface area contributed by atoms with Crippen LogP contribution in [-0.4, -0.2) is 24.1 Å². The first kappa shape index (κ1) is 20.2. The third kappa shape index (κ3) is 4.83. The molecule has 0 saturated carbocycles. The standard InChI is InChI=1S/C23H18ClNO4/c1-29-21-12-11-15(13-18(21)17-9-5-6-10-19(17)24)14-20(23(27)28)25-22(26)16-7-3-2-4-8-16/h2-14H,1H3,(H,25,26)(H,27,28). The number of carbonyl (C=O) groups is 2. The Kier molecular flexibility index (Phi) is 6.32. The predicted octanol–water partition coefficient (Wildman–Crippen LogP) is 4.87. The minimum atomic E-state index is -1.25. The molecule has 0 radical (unpaired) electrons. The average molecular weight is 408 g/mol. The summed E-state index contributed by atoms with van der Waals surface area (Å²) in [7, 11) is 1.55. The van der Waals surface area contributed by atoms with Gasteiger partial charge in [-0.05, 0) is 42.0 Å². The highest BCUT2D eigenvalue weighted by Crippen LogP contribution is 2.35. The second kappa shape index (κ2) is 9.08. The highest BCUT2D eigenvalue weighted by molar-refractivity contribution is 6.33. The van der Waals surface area contributed by atoms with Crippen LogP contribution < -0.4 is 10.1 Å². The van der Waals surface area contributed by atoms with Gasteiger partial charge >= 0.3 is 5.97 Å². The van der Waals surface area contributed by atoms with E-state index in [0.717, 1.165) is 5.56 Å². The topological polar surface area (TPSA) is 75.6 Å². The summed E-state index contributed by atoms with van der Waals surface area (Å²) >= 11 is 6.31. The molecule has 6 heteroatoms. The highest BCUT2D eigenvalue weighted by atomic mass is 35.5. The van der Waals surface area contributed by atoms with Crippen molar-refractivity contribution >= 4 is 29.6 Å². The Morgan fingerprint density at radius 1 is 0.966 bits per heavy atom. The smallest absolute Gasteiger partial charge is 0.352 e. The third-order valence-electron chi connectivity index (χ3n) is 4.21. The van der Waals surface area contributed by atoms with Gasteiger partial charge < -0.3 is 15.2 Å². The molecule has 0 aliphatic carbocycles. The number of hydrogen-bond acceptors (Lipinski definition) is 3. The van der Waals surface area contributed by atoms with Crippen LogP contribution in [0.4, 0.5) is 0 Å². The molecule has 0 unspecified atom stereocenters. The fraction of sp³-hybridized carbons (Fsp3) is 0.0435. The van der Waals surface area contributed by atoms with Gasteiger partial charge in [0.1, 0.15) is 11.4 Å². The number of carbonyl (C=O) groups excluding carboxylic acids is 1. The van der Waals surface area contributed by atoms with Crippen LogP contribution in [0.1, 0.15) is 15.9 Å². The summed E-state index contributed by atoms with van der Waals surface area (Å²) in [4.78, 5) is 24.0. The number of nitrogens with one attached hydrogen (secondary N) is 1. The number of carboxylic acids is 1. The molecule has 1 amide bonds. The van der Waals surface area contributed by atoms with E-state index in [4.69, 9.17) is 16.3 Å². The minimum absolute atomic E-state index is 0.242. The van der Waals surface area contributed by atoms with E-state index in [9.17, 15) is 14.7 Å². The summed E-state index contributed by atoms with van der Waals surface area (Å²) in [5, 5.41) is 12.5. The molecule has 3 aromatic rings. The quantitative estimate of drug-likeness (QED) is 0.571. The van der Waals surface area contributed by atoms with Gasteiger partial charge in [-0.1, -0.05) is 54.1 Å². The van der Waals surface area contributed by atoms with Crippen molar-refractivity contribution in [1.82, 2.24) is 5.32 Å². The third-order valence-corrected chi connectivity index (χ3v) is 4.54. The van der Waals surface area contributed by atoms with E-state index < -0.39 is 11.9 Å². The van der Waals surface area contributed by atoms with Gasteiger partial charge in [0.25, 0.3) is 5.91 Å². The minimum Gasteiger partial charge on any atom is -0.496 e. The van der Waals surface area contributed by atoms with E-state index in [1.54, 1.807) is 61.7 Å². The normalized spacial score (nSPS) is 11.0. The fourth-order valence-corrected chi connectivity index (χ4v) is 3.04. The van der Waals surface area contributed by atoms with Crippen LogP contribution in [0.25, 0.3) is 17.2 Å². The van der Waals surface area contributed by atoms with Crippen LogP contribution in [0.5, 0.6) is 5.75 Å². The lowest BCUT2D eigenvalue weighted by atomic mass is 10.0. The zero-order valence-electron chi connectivity index (χ0n) is 15.6. The second-order valence-corrected chi connectivity index (χ2v) is 6.53. The summed E-state index contributed by atoms with van der Waals surface area (Å²) in [5.41, 5.74) is 2.17. The van der Waals surface area contributed by atoms with Crippen LogP contribution in [-0.2, 0) is 4.79 Å². The number of carboxylic acid groups (broad SMARTS) is 1. The lowest BCUT2D eigenvalue weighted by Crippen LogP contribution is -2.27. The van der Waals surface area contributed by atoms with E-state index in [1.165, 1.54) is 6.08 Å². The summed E-state index contributed by atoms with van der Waals surface area (Å²) in [6.45, 7) is 0. The van der Waals surface area contributed by atoms with Crippen LogP contribution >= 0.6 is 11.6 Å². The fourth-order valence-electron chi connectivity index (χ4n) is 2.81. The van der Waals surface area contributed by atoms with Gasteiger partial charge in [-0.2, -0.15) is 0 Å². The Hall–Kier alpha value is -3.57. The van der Waals surface area contributed by atoms with E-state index >= 15 is 0 Å². The van der Waals surface area contributed by atoms with Crippen LogP contribution in [0.3, 0.4) is 0 Å². The number of aliphatic carboxylic acids is 1. The molecule has 2 N–H and O–H groups in total. The van der Waals surface area contributed by atoms with Crippen molar-refractivity contribution in [3.05, 3.63) is 94.6 Å². The first-order valence-electron chi connectivity index (χ1n) is 8.74. The molecule has 0 atom stereocenters. The number of benzene rings is 3. The first-order valence-corrected chi connectivity index (χ1v) is 9.11. The van der Waals surface area contributed by atoms with Gasteiger partial charge in [0.15, 0.2) is 0 Å². The molecule has 146 valence electrons. The molecule has 0 aliphatic rings. The van der Waals surface area contributed by atoms with Crippen molar-refractivity contribution in [3.8, 4) is 16.9 Å². The van der Waals surface area contributed by atoms with Crippen molar-refractivity contribution < 1.29 is 19.4 Å². The van der Waals surface area contributed by atoms with Crippen molar-refractivity contribution in [2.45, 2.75) is 0 Å². The number of methoxy groups -OCH3 is 1. The largest absolute Gasteiger partial charge is 0.496 e. The molecule has 0 heterocycles. The zero-order valence-corrected chi connectivity index (χ0v) is 16.3. The van der Waals surface area contributed by atoms with Crippen LogP contribution in [0, 0.1) is 0 Å². The molecular weight excluding hydrogens is 390 g/mol. The Morgan fingerprint density at radius 3 is 2.31 bits per heavy atom. The molecule has 5 nitrogen and oxygen atoms in total. The lowest BCUT2D eigenvalue weighted by Gasteiger charge is -2.12. The molecule has 0 saturated heterocycles. The van der Waals surface area contributed by atoms with Gasteiger partial charge in [0, 0.05) is 21.7 Å². The Balaban J connectivity index is 1.98. The van der Waals surface area contributed by atoms with Gasteiger partial charge in [0.05, 0.1) is 7.11 Å². The number of ether oxygens (including phenoxy) is 1. The van der Waals surface area contributed by atoms with E-state index in [-0.39, 0.29) is 5.70 Å². The monoisotopic (exact) mass is 407 g/mol. The van der Waals surface area contributed by atoms with E-state index in [1.807, 2.05) is 18.2 Å². The molecule has 0 aromatic heterocycles. The lowest BCUT2D eigenvalue weighted by molar-refractivity contribution is -0.132. The summed E-state index contributed by atoms with van der Waals surface area (Å²) in [5.74, 6) is -1.15. The molecule has 0 fully saturated rings. The molecule has 3 aromatic carbocycles. The predicted molar refractivity (Wildman–Crippen MR) is 113 cm³/mol. The molecule has 0 aliphatic heterocycles. The summed E-state index contributed by atoms with van der Waals surface area (Å²) in [6, 6.07) is 20.9. The maximum absolute atomic E-state index is 12.3. The first-order chi connectivity index (χ1) is 14.0. The number of hydrogen-bond donors (Lipinski definition) is 2. The van der Waals surface area contributed by atoms with Crippen LogP contribution in [0.15, 0.2) is 78.5 Å². The van der Waals surface area contributed by atoms with Crippen molar-refractivity contribution in [2.75, 3.05) is 7.11 Å². The van der Waals surface area contributed by atoms with Gasteiger partial charge in [-0.3, -0.25) is 4.79 Å². The molecule has 0 bridgehead atoms. The van der Waals surface area contributed by atoms with Crippen molar-refractivity contribution in [2.24, 2.45) is 0 Å². The maximum Gasteiger partial charge on any atom is 0.352 e. The van der Waals surface area contributed by atoms with Gasteiger partial charge in [0.2, 0.25) is 0 Å². The highest BCUT2D eigenvalue weighted by Gasteiger charge is 2.15. The Morgan fingerprint density at radius 2 is 1.66 bits per heavy atom. The summed E-state index contributed by atoms with van der Waals surface area (Å²) in [6.07, 6.45) is 1.39. The average Bonchev–Trinajstić information content (AvgIpc) is 2.74. The van der Waals surface area contributed by atoms with Crippen molar-refractivity contribution in [1.29, 1.82) is 0 Å². The molecule has 3 rings (SSSR count). The molecule has 29 heavy (non-hydrogen) atoms. The maximum atomic E-state index is 12.3. The SMILES string of the molecule is COc1ccc(C=C(NC(=O)c2ccccc2)C(=O)O)cc1-c1ccccc1Cl. The van der Waals surface area contributed by atoms with Gasteiger partial charge in [-0.25, -0.2) is 4.79 Å². The molecular formula is C23H18ClNO4. The van der Waals surface area contributed by atoms with Crippen LogP contribution in [0.2, 0.25) is 5.02 Å². The van der Waals surface area contributed by atoms with Crippen molar-refractivity contribution in [3.63, 3.8) is 0 Å². The second-order valence-electron chi connectivity index (χ2n) is 6.12. The summed E-state index contributed by atoms with van der Waals surface area (Å²) < 4.78 is 5.42. The van der Waals surface area contributed by atoms with E-state index in [2.05, 4.69) is 5.32 Å². The number of amides is 1. The number of rotatable bonds is 6. The van der Waals surface area contributed by atoms with Gasteiger partial charge in [-0.15, -0.1) is 0 Å². The van der Waals surface area contributed by atoms with E-state index in [0.29, 0.717) is 27.5 Å². The zero-order chi connectivity index (χ0) is 20.8. The number of halogens is 1. The Bertz CT molecular complexity index is 1080. The molecule has 0 spiro atoms. The Labute approximate surface area is 173 Å².